The number of hydrogen-bond acceptors (Lipinski definition) is 3. The number of phenols is 1. The van der Waals surface area contributed by atoms with Crippen LogP contribution in [0.3, 0.4) is 0 Å². The van der Waals surface area contributed by atoms with Gasteiger partial charge in [0, 0.05) is 6.54 Å². The molecule has 0 aromatic heterocycles. The van der Waals surface area contributed by atoms with Crippen molar-refractivity contribution in [1.29, 1.82) is 0 Å². The van der Waals surface area contributed by atoms with Crippen molar-refractivity contribution in [2.24, 2.45) is 5.73 Å². The fraction of sp³-hybridized carbons (Fsp3) is 0.250. The first-order valence-corrected chi connectivity index (χ1v) is 3.44. The monoisotopic (exact) mass is 171 g/mol. The first kappa shape index (κ1) is 8.80. The smallest absolute Gasteiger partial charge is 0.194 e. The Balaban J connectivity index is 3.19. The molecular weight excluding hydrogens is 161 g/mol. The number of phenolic OH excluding ortho intramolecular Hbond substituents is 1. The first-order valence-electron chi connectivity index (χ1n) is 3.44. The molecule has 0 aliphatic rings. The summed E-state index contributed by atoms with van der Waals surface area (Å²) in [5.41, 5.74) is 5.87. The number of benzene rings is 1. The van der Waals surface area contributed by atoms with E-state index in [4.69, 9.17) is 15.6 Å². The maximum absolute atomic E-state index is 12.8. The Kier molecular flexibility index (Phi) is 2.50. The van der Waals surface area contributed by atoms with Gasteiger partial charge >= 0.3 is 0 Å². The second-order valence-corrected chi connectivity index (χ2v) is 2.33. The molecule has 1 aromatic rings. The summed E-state index contributed by atoms with van der Waals surface area (Å²) < 4.78 is 17.6. The van der Waals surface area contributed by atoms with Crippen molar-refractivity contribution < 1.29 is 14.2 Å². The predicted molar refractivity (Wildman–Crippen MR) is 42.5 cm³/mol. The van der Waals surface area contributed by atoms with Gasteiger partial charge in [-0.15, -0.1) is 0 Å². The highest BCUT2D eigenvalue weighted by molar-refractivity contribution is 5.42. The molecule has 1 rings (SSSR count). The molecule has 0 radical (unpaired) electrons. The third-order valence-electron chi connectivity index (χ3n) is 1.54. The highest BCUT2D eigenvalue weighted by Gasteiger charge is 2.08. The standard InChI is InChI=1S/C8H10FNO2/c1-12-7-3-5(4-10)2-6(9)8(7)11/h2-3,11H,4,10H2,1H3. The average Bonchev–Trinajstić information content (AvgIpc) is 2.09. The summed E-state index contributed by atoms with van der Waals surface area (Å²) >= 11 is 0. The van der Waals surface area contributed by atoms with E-state index in [1.165, 1.54) is 19.2 Å². The molecule has 0 bridgehead atoms. The normalized spacial score (nSPS) is 9.92. The number of methoxy groups -OCH3 is 1. The quantitative estimate of drug-likeness (QED) is 0.697. The van der Waals surface area contributed by atoms with Gasteiger partial charge in [0.25, 0.3) is 0 Å². The van der Waals surface area contributed by atoms with Crippen molar-refractivity contribution in [1.82, 2.24) is 0 Å². The molecule has 3 N–H and O–H groups in total. The Morgan fingerprint density at radius 3 is 2.75 bits per heavy atom. The molecule has 0 saturated heterocycles. The van der Waals surface area contributed by atoms with Crippen molar-refractivity contribution >= 4 is 0 Å². The van der Waals surface area contributed by atoms with E-state index in [0.29, 0.717) is 5.56 Å². The molecule has 0 fully saturated rings. The summed E-state index contributed by atoms with van der Waals surface area (Å²) in [6.07, 6.45) is 0. The zero-order valence-electron chi connectivity index (χ0n) is 6.67. The number of nitrogens with two attached hydrogens (primary N) is 1. The lowest BCUT2D eigenvalue weighted by Gasteiger charge is -2.05. The Hall–Kier alpha value is -1.29. The first-order chi connectivity index (χ1) is 5.69. The third-order valence-corrected chi connectivity index (χ3v) is 1.54. The van der Waals surface area contributed by atoms with E-state index in [9.17, 15) is 4.39 Å². The van der Waals surface area contributed by atoms with Gasteiger partial charge in [0.15, 0.2) is 17.3 Å². The largest absolute Gasteiger partial charge is 0.502 e. The van der Waals surface area contributed by atoms with Crippen LogP contribution in [0, 0.1) is 5.82 Å². The van der Waals surface area contributed by atoms with Crippen LogP contribution in [-0.2, 0) is 6.54 Å². The van der Waals surface area contributed by atoms with E-state index in [0.717, 1.165) is 0 Å². The molecule has 0 heterocycles. The summed E-state index contributed by atoms with van der Waals surface area (Å²) in [7, 11) is 1.36. The molecule has 0 unspecified atom stereocenters. The topological polar surface area (TPSA) is 55.5 Å². The maximum Gasteiger partial charge on any atom is 0.194 e. The summed E-state index contributed by atoms with van der Waals surface area (Å²) in [4.78, 5) is 0. The second kappa shape index (κ2) is 3.40. The van der Waals surface area contributed by atoms with Gasteiger partial charge in [-0.25, -0.2) is 4.39 Å². The maximum atomic E-state index is 12.8. The number of halogens is 1. The van der Waals surface area contributed by atoms with Crippen LogP contribution in [-0.4, -0.2) is 12.2 Å². The van der Waals surface area contributed by atoms with Gasteiger partial charge in [-0.1, -0.05) is 0 Å². The summed E-state index contributed by atoms with van der Waals surface area (Å²) in [5.74, 6) is -1.08. The number of rotatable bonds is 2. The van der Waals surface area contributed by atoms with Crippen LogP contribution in [0.1, 0.15) is 5.56 Å². The van der Waals surface area contributed by atoms with Crippen LogP contribution >= 0.6 is 0 Å². The van der Waals surface area contributed by atoms with Gasteiger partial charge in [0.1, 0.15) is 0 Å². The van der Waals surface area contributed by atoms with Crippen molar-refractivity contribution in [3.05, 3.63) is 23.5 Å². The highest BCUT2D eigenvalue weighted by Crippen LogP contribution is 2.29. The van der Waals surface area contributed by atoms with E-state index in [1.807, 2.05) is 0 Å². The van der Waals surface area contributed by atoms with E-state index in [2.05, 4.69) is 0 Å². The molecule has 4 heteroatoms. The molecular formula is C8H10FNO2. The van der Waals surface area contributed by atoms with Gasteiger partial charge in [0.2, 0.25) is 0 Å². The predicted octanol–water partition coefficient (Wildman–Crippen LogP) is 0.999. The van der Waals surface area contributed by atoms with E-state index < -0.39 is 11.6 Å². The van der Waals surface area contributed by atoms with Crippen molar-refractivity contribution in [2.75, 3.05) is 7.11 Å². The van der Waals surface area contributed by atoms with Gasteiger partial charge < -0.3 is 15.6 Å². The Morgan fingerprint density at radius 1 is 1.58 bits per heavy atom. The number of hydrogen-bond donors (Lipinski definition) is 2. The molecule has 0 amide bonds. The lowest BCUT2D eigenvalue weighted by atomic mass is 10.2. The molecule has 1 aromatic carbocycles. The van der Waals surface area contributed by atoms with Gasteiger partial charge in [-0.3, -0.25) is 0 Å². The zero-order valence-corrected chi connectivity index (χ0v) is 6.67. The minimum absolute atomic E-state index is 0.107. The van der Waals surface area contributed by atoms with Crippen LogP contribution in [0.4, 0.5) is 4.39 Å². The lowest BCUT2D eigenvalue weighted by Crippen LogP contribution is -1.98. The van der Waals surface area contributed by atoms with E-state index in [-0.39, 0.29) is 12.3 Å². The molecule has 0 aliphatic carbocycles. The van der Waals surface area contributed by atoms with Gasteiger partial charge in [-0.2, -0.15) is 0 Å². The van der Waals surface area contributed by atoms with E-state index in [1.54, 1.807) is 0 Å². The fourth-order valence-corrected chi connectivity index (χ4v) is 0.901. The molecule has 0 spiro atoms. The minimum atomic E-state index is -0.713. The Labute approximate surface area is 69.6 Å². The molecule has 66 valence electrons. The van der Waals surface area contributed by atoms with Crippen molar-refractivity contribution in [2.45, 2.75) is 6.54 Å². The minimum Gasteiger partial charge on any atom is -0.502 e. The Bertz CT molecular complexity index is 289. The summed E-state index contributed by atoms with van der Waals surface area (Å²) in [6.45, 7) is 0.216. The van der Waals surface area contributed by atoms with Crippen LogP contribution < -0.4 is 10.5 Å². The summed E-state index contributed by atoms with van der Waals surface area (Å²) in [6, 6.07) is 2.68. The van der Waals surface area contributed by atoms with Crippen molar-refractivity contribution in [3.63, 3.8) is 0 Å². The number of aromatic hydroxyl groups is 1. The zero-order chi connectivity index (χ0) is 9.14. The van der Waals surface area contributed by atoms with Gasteiger partial charge in [-0.05, 0) is 17.7 Å². The third kappa shape index (κ3) is 1.48. The molecule has 0 aliphatic heterocycles. The van der Waals surface area contributed by atoms with Crippen LogP contribution in [0.15, 0.2) is 12.1 Å². The SMILES string of the molecule is COc1cc(CN)cc(F)c1O. The van der Waals surface area contributed by atoms with Crippen LogP contribution in [0.5, 0.6) is 11.5 Å². The van der Waals surface area contributed by atoms with Crippen molar-refractivity contribution in [3.8, 4) is 11.5 Å². The second-order valence-electron chi connectivity index (χ2n) is 2.33. The summed E-state index contributed by atoms with van der Waals surface area (Å²) in [5, 5.41) is 9.08. The average molecular weight is 171 g/mol. The Morgan fingerprint density at radius 2 is 2.25 bits per heavy atom. The molecule has 0 atom stereocenters. The molecule has 0 saturated carbocycles. The van der Waals surface area contributed by atoms with Crippen LogP contribution in [0.2, 0.25) is 0 Å². The fourth-order valence-electron chi connectivity index (χ4n) is 0.901. The lowest BCUT2D eigenvalue weighted by molar-refractivity contribution is 0.356. The molecule has 3 nitrogen and oxygen atoms in total. The van der Waals surface area contributed by atoms with Crippen LogP contribution in [0.25, 0.3) is 0 Å². The highest BCUT2D eigenvalue weighted by atomic mass is 19.1. The van der Waals surface area contributed by atoms with E-state index >= 15 is 0 Å². The number of ether oxygens (including phenoxy) is 1. The molecule has 12 heavy (non-hydrogen) atoms. The van der Waals surface area contributed by atoms with Gasteiger partial charge in [0.05, 0.1) is 7.11 Å².